The third-order valence-electron chi connectivity index (χ3n) is 4.91. The minimum Gasteiger partial charge on any atom is -0.493 e. The van der Waals surface area contributed by atoms with Crippen molar-refractivity contribution in [2.45, 2.75) is 32.5 Å². The molecular weight excluding hydrogens is 356 g/mol. The number of benzene rings is 2. The van der Waals surface area contributed by atoms with Crippen molar-refractivity contribution in [3.8, 4) is 17.1 Å². The minimum absolute atomic E-state index is 0.351. The number of para-hydroxylation sites is 1. The summed E-state index contributed by atoms with van der Waals surface area (Å²) in [5.41, 5.74) is 8.76. The SMILES string of the molecule is CCOc1ccccc1-c1noc(CN2Cc3ccccc3C[C@@H]2C(N)=O)n1. The van der Waals surface area contributed by atoms with Gasteiger partial charge in [0.1, 0.15) is 5.75 Å². The highest BCUT2D eigenvalue weighted by Crippen LogP contribution is 2.29. The van der Waals surface area contributed by atoms with Gasteiger partial charge in [0.2, 0.25) is 17.6 Å². The fourth-order valence-corrected chi connectivity index (χ4v) is 3.56. The predicted octanol–water partition coefficient (Wildman–Crippen LogP) is 2.55. The molecule has 2 N–H and O–H groups in total. The molecule has 2 heterocycles. The maximum atomic E-state index is 12.0. The van der Waals surface area contributed by atoms with Crippen molar-refractivity contribution >= 4 is 5.91 Å². The van der Waals surface area contributed by atoms with E-state index in [0.717, 1.165) is 11.1 Å². The van der Waals surface area contributed by atoms with Crippen molar-refractivity contribution in [2.24, 2.45) is 5.73 Å². The van der Waals surface area contributed by atoms with Gasteiger partial charge in [-0.05, 0) is 36.6 Å². The third kappa shape index (κ3) is 3.61. The van der Waals surface area contributed by atoms with Crippen LogP contribution in [-0.2, 0) is 24.3 Å². The number of ether oxygens (including phenoxy) is 1. The number of hydrogen-bond donors (Lipinski definition) is 1. The second-order valence-electron chi connectivity index (χ2n) is 6.74. The smallest absolute Gasteiger partial charge is 0.241 e. The van der Waals surface area contributed by atoms with Crippen LogP contribution in [0.5, 0.6) is 5.75 Å². The van der Waals surface area contributed by atoms with E-state index >= 15 is 0 Å². The first kappa shape index (κ1) is 18.2. The van der Waals surface area contributed by atoms with Crippen molar-refractivity contribution < 1.29 is 14.1 Å². The molecule has 28 heavy (non-hydrogen) atoms. The topological polar surface area (TPSA) is 94.5 Å². The Labute approximate surface area is 163 Å². The number of aromatic nitrogens is 2. The molecule has 1 aliphatic rings. The van der Waals surface area contributed by atoms with Gasteiger partial charge >= 0.3 is 0 Å². The molecule has 7 heteroatoms. The van der Waals surface area contributed by atoms with E-state index in [0.29, 0.717) is 43.6 Å². The highest BCUT2D eigenvalue weighted by Gasteiger charge is 2.31. The van der Waals surface area contributed by atoms with E-state index in [4.69, 9.17) is 15.0 Å². The number of nitrogens with zero attached hydrogens (tertiary/aromatic N) is 3. The Hall–Kier alpha value is -3.19. The summed E-state index contributed by atoms with van der Waals surface area (Å²) in [5.74, 6) is 1.26. The summed E-state index contributed by atoms with van der Waals surface area (Å²) in [6, 6.07) is 15.2. The van der Waals surface area contributed by atoms with Crippen LogP contribution >= 0.6 is 0 Å². The summed E-state index contributed by atoms with van der Waals surface area (Å²) < 4.78 is 11.1. The lowest BCUT2D eigenvalue weighted by Crippen LogP contribution is -2.48. The minimum atomic E-state index is -0.402. The molecule has 7 nitrogen and oxygen atoms in total. The summed E-state index contributed by atoms with van der Waals surface area (Å²) >= 11 is 0. The van der Waals surface area contributed by atoms with E-state index in [1.165, 1.54) is 5.56 Å². The molecule has 144 valence electrons. The number of nitrogens with two attached hydrogens (primary N) is 1. The molecule has 0 aliphatic carbocycles. The highest BCUT2D eigenvalue weighted by molar-refractivity contribution is 5.80. The van der Waals surface area contributed by atoms with Crippen LogP contribution in [0.2, 0.25) is 0 Å². The first-order valence-electron chi connectivity index (χ1n) is 9.30. The van der Waals surface area contributed by atoms with Gasteiger partial charge in [0.05, 0.1) is 24.8 Å². The quantitative estimate of drug-likeness (QED) is 0.708. The third-order valence-corrected chi connectivity index (χ3v) is 4.91. The molecule has 0 saturated heterocycles. The number of fused-ring (bicyclic) bond motifs is 1. The van der Waals surface area contributed by atoms with E-state index in [2.05, 4.69) is 16.2 Å². The molecule has 3 aromatic rings. The number of amides is 1. The number of carbonyl (C=O) groups excluding carboxylic acids is 1. The van der Waals surface area contributed by atoms with Gasteiger partial charge in [-0.3, -0.25) is 9.69 Å². The van der Waals surface area contributed by atoms with E-state index in [1.807, 2.05) is 54.3 Å². The number of primary amides is 1. The molecule has 1 aliphatic heterocycles. The van der Waals surface area contributed by atoms with Crippen LogP contribution in [0.1, 0.15) is 23.9 Å². The number of rotatable bonds is 6. The maximum absolute atomic E-state index is 12.0. The lowest BCUT2D eigenvalue weighted by molar-refractivity contribution is -0.124. The molecule has 2 aromatic carbocycles. The zero-order valence-electron chi connectivity index (χ0n) is 15.7. The summed E-state index contributed by atoms with van der Waals surface area (Å²) in [6.07, 6.45) is 0.583. The van der Waals surface area contributed by atoms with E-state index < -0.39 is 6.04 Å². The number of carbonyl (C=O) groups is 1. The standard InChI is InChI=1S/C21H22N4O3/c1-2-27-18-10-6-5-9-16(18)21-23-19(28-24-21)13-25-12-15-8-4-3-7-14(15)11-17(25)20(22)26/h3-10,17H,2,11-13H2,1H3,(H2,22,26)/t17-/m1/s1. The van der Waals surface area contributed by atoms with Crippen LogP contribution < -0.4 is 10.5 Å². The van der Waals surface area contributed by atoms with Gasteiger partial charge in [-0.1, -0.05) is 41.6 Å². The Bertz CT molecular complexity index is 985. The lowest BCUT2D eigenvalue weighted by Gasteiger charge is -2.33. The van der Waals surface area contributed by atoms with Crippen LogP contribution in [-0.4, -0.2) is 33.6 Å². The summed E-state index contributed by atoms with van der Waals surface area (Å²) in [6.45, 7) is 3.44. The monoisotopic (exact) mass is 378 g/mol. The Morgan fingerprint density at radius 1 is 1.21 bits per heavy atom. The van der Waals surface area contributed by atoms with Crippen molar-refractivity contribution in [3.63, 3.8) is 0 Å². The molecule has 4 rings (SSSR count). The van der Waals surface area contributed by atoms with Crippen LogP contribution in [0.4, 0.5) is 0 Å². The number of hydrogen-bond acceptors (Lipinski definition) is 6. The second-order valence-corrected chi connectivity index (χ2v) is 6.74. The van der Waals surface area contributed by atoms with E-state index in [1.54, 1.807) is 0 Å². The second kappa shape index (κ2) is 7.82. The van der Waals surface area contributed by atoms with Gasteiger partial charge < -0.3 is 15.0 Å². The molecule has 0 spiro atoms. The molecule has 0 radical (unpaired) electrons. The van der Waals surface area contributed by atoms with Gasteiger partial charge in [-0.15, -0.1) is 0 Å². The van der Waals surface area contributed by atoms with Crippen molar-refractivity contribution in [1.82, 2.24) is 15.0 Å². The summed E-state index contributed by atoms with van der Waals surface area (Å²) in [5, 5.41) is 4.10. The first-order valence-corrected chi connectivity index (χ1v) is 9.30. The summed E-state index contributed by atoms with van der Waals surface area (Å²) in [4.78, 5) is 18.5. The average molecular weight is 378 g/mol. The summed E-state index contributed by atoms with van der Waals surface area (Å²) in [7, 11) is 0. The Balaban J connectivity index is 1.57. The normalized spacial score (nSPS) is 16.5. The van der Waals surface area contributed by atoms with Gasteiger partial charge in [0.25, 0.3) is 0 Å². The lowest BCUT2D eigenvalue weighted by atomic mass is 9.93. The van der Waals surface area contributed by atoms with Crippen LogP contribution in [0.15, 0.2) is 53.1 Å². The van der Waals surface area contributed by atoms with Gasteiger partial charge in [0.15, 0.2) is 0 Å². The van der Waals surface area contributed by atoms with Crippen LogP contribution in [0, 0.1) is 0 Å². The van der Waals surface area contributed by atoms with Crippen LogP contribution in [0.3, 0.4) is 0 Å². The fraction of sp³-hybridized carbons (Fsp3) is 0.286. The van der Waals surface area contributed by atoms with Gasteiger partial charge in [0, 0.05) is 6.54 Å². The molecular formula is C21H22N4O3. The molecule has 0 saturated carbocycles. The van der Waals surface area contributed by atoms with Crippen molar-refractivity contribution in [2.75, 3.05) is 6.61 Å². The van der Waals surface area contributed by atoms with Crippen molar-refractivity contribution in [1.29, 1.82) is 0 Å². The Morgan fingerprint density at radius 3 is 2.75 bits per heavy atom. The Morgan fingerprint density at radius 2 is 1.96 bits per heavy atom. The molecule has 1 amide bonds. The van der Waals surface area contributed by atoms with Gasteiger partial charge in [-0.25, -0.2) is 0 Å². The largest absolute Gasteiger partial charge is 0.493 e. The average Bonchev–Trinajstić information content (AvgIpc) is 3.16. The van der Waals surface area contributed by atoms with E-state index in [9.17, 15) is 4.79 Å². The zero-order valence-corrected chi connectivity index (χ0v) is 15.7. The zero-order chi connectivity index (χ0) is 19.5. The first-order chi connectivity index (χ1) is 13.7. The maximum Gasteiger partial charge on any atom is 0.241 e. The molecule has 0 bridgehead atoms. The molecule has 0 fully saturated rings. The van der Waals surface area contributed by atoms with E-state index in [-0.39, 0.29) is 5.91 Å². The highest BCUT2D eigenvalue weighted by atomic mass is 16.5. The molecule has 1 atom stereocenters. The molecule has 1 aromatic heterocycles. The van der Waals surface area contributed by atoms with Crippen molar-refractivity contribution in [3.05, 3.63) is 65.5 Å². The molecule has 0 unspecified atom stereocenters. The predicted molar refractivity (Wildman–Crippen MR) is 103 cm³/mol. The fourth-order valence-electron chi connectivity index (χ4n) is 3.56. The van der Waals surface area contributed by atoms with Crippen LogP contribution in [0.25, 0.3) is 11.4 Å². The Kier molecular flexibility index (Phi) is 5.08. The van der Waals surface area contributed by atoms with Gasteiger partial charge in [-0.2, -0.15) is 4.98 Å².